The quantitative estimate of drug-likeness (QED) is 0.622. The van der Waals surface area contributed by atoms with E-state index in [1.165, 1.54) is 12.1 Å². The molecule has 0 fully saturated rings. The van der Waals surface area contributed by atoms with Gasteiger partial charge in [-0.3, -0.25) is 4.79 Å². The number of hydrogen-bond acceptors (Lipinski definition) is 1. The fourth-order valence-electron chi connectivity index (χ4n) is 2.44. The maximum absolute atomic E-state index is 13.8. The van der Waals surface area contributed by atoms with Crippen molar-refractivity contribution in [3.05, 3.63) is 83.2 Å². The number of benzene rings is 3. The van der Waals surface area contributed by atoms with Crippen LogP contribution in [0.25, 0.3) is 10.8 Å². The highest BCUT2D eigenvalue weighted by atomic mass is 19.1. The Labute approximate surface area is 116 Å². The standard InChI is InChI=1S/C18H13FO/c1-12-10-11-15(14-7-3-2-6-13(12)14)18(20)16-8-4-5-9-17(16)19/h2-11H,1H3. The Kier molecular flexibility index (Phi) is 3.07. The molecule has 98 valence electrons. The third-order valence-corrected chi connectivity index (χ3v) is 3.51. The third kappa shape index (κ3) is 1.99. The van der Waals surface area contributed by atoms with Gasteiger partial charge in [0.15, 0.2) is 5.78 Å². The van der Waals surface area contributed by atoms with Crippen LogP contribution in [0.3, 0.4) is 0 Å². The molecular weight excluding hydrogens is 251 g/mol. The normalized spacial score (nSPS) is 10.7. The molecule has 0 spiro atoms. The second-order valence-corrected chi connectivity index (χ2v) is 4.78. The van der Waals surface area contributed by atoms with Gasteiger partial charge in [0.2, 0.25) is 0 Å². The molecule has 0 radical (unpaired) electrons. The van der Waals surface area contributed by atoms with Gasteiger partial charge in [-0.1, -0.05) is 48.5 Å². The molecule has 0 saturated heterocycles. The van der Waals surface area contributed by atoms with E-state index in [1.54, 1.807) is 18.2 Å². The molecule has 0 amide bonds. The molecule has 0 bridgehead atoms. The second-order valence-electron chi connectivity index (χ2n) is 4.78. The van der Waals surface area contributed by atoms with Crippen molar-refractivity contribution in [2.75, 3.05) is 0 Å². The highest BCUT2D eigenvalue weighted by Gasteiger charge is 2.16. The molecular formula is C18H13FO. The van der Waals surface area contributed by atoms with Gasteiger partial charge in [-0.15, -0.1) is 0 Å². The lowest BCUT2D eigenvalue weighted by atomic mass is 9.95. The first-order valence-corrected chi connectivity index (χ1v) is 6.46. The molecule has 0 aliphatic rings. The summed E-state index contributed by atoms with van der Waals surface area (Å²) in [6.45, 7) is 2.00. The first kappa shape index (κ1) is 12.5. The van der Waals surface area contributed by atoms with Crippen molar-refractivity contribution in [2.45, 2.75) is 6.92 Å². The zero-order chi connectivity index (χ0) is 14.1. The molecule has 0 N–H and O–H groups in total. The van der Waals surface area contributed by atoms with Crippen LogP contribution < -0.4 is 0 Å². The van der Waals surface area contributed by atoms with E-state index in [1.807, 2.05) is 37.3 Å². The average molecular weight is 264 g/mol. The molecule has 0 heterocycles. The Balaban J connectivity index is 2.23. The molecule has 20 heavy (non-hydrogen) atoms. The van der Waals surface area contributed by atoms with E-state index in [0.29, 0.717) is 5.56 Å². The van der Waals surface area contributed by atoms with Crippen LogP contribution in [0.15, 0.2) is 60.7 Å². The van der Waals surface area contributed by atoms with Crippen LogP contribution >= 0.6 is 0 Å². The first-order chi connectivity index (χ1) is 9.68. The minimum Gasteiger partial charge on any atom is -0.288 e. The Bertz CT molecular complexity index is 805. The third-order valence-electron chi connectivity index (χ3n) is 3.51. The van der Waals surface area contributed by atoms with Crippen LogP contribution in [-0.4, -0.2) is 5.78 Å². The van der Waals surface area contributed by atoms with Gasteiger partial charge in [0.1, 0.15) is 5.82 Å². The summed E-state index contributed by atoms with van der Waals surface area (Å²) in [6.07, 6.45) is 0. The largest absolute Gasteiger partial charge is 0.288 e. The van der Waals surface area contributed by atoms with Crippen LogP contribution in [0.1, 0.15) is 21.5 Å². The molecule has 0 aliphatic carbocycles. The van der Waals surface area contributed by atoms with Crippen molar-refractivity contribution in [3.8, 4) is 0 Å². The number of carbonyl (C=O) groups is 1. The molecule has 0 aromatic heterocycles. The summed E-state index contributed by atoms with van der Waals surface area (Å²) in [5, 5.41) is 1.88. The highest BCUT2D eigenvalue weighted by Crippen LogP contribution is 2.25. The van der Waals surface area contributed by atoms with E-state index in [9.17, 15) is 9.18 Å². The summed E-state index contributed by atoms with van der Waals surface area (Å²) in [4.78, 5) is 12.6. The monoisotopic (exact) mass is 264 g/mol. The summed E-state index contributed by atoms with van der Waals surface area (Å²) >= 11 is 0. The number of aryl methyl sites for hydroxylation is 1. The molecule has 3 rings (SSSR count). The van der Waals surface area contributed by atoms with Crippen molar-refractivity contribution in [3.63, 3.8) is 0 Å². The van der Waals surface area contributed by atoms with Crippen molar-refractivity contribution in [1.29, 1.82) is 0 Å². The molecule has 1 nitrogen and oxygen atoms in total. The maximum atomic E-state index is 13.8. The van der Waals surface area contributed by atoms with E-state index < -0.39 is 5.82 Å². The van der Waals surface area contributed by atoms with E-state index in [0.717, 1.165) is 16.3 Å². The van der Waals surface area contributed by atoms with Crippen molar-refractivity contribution in [2.24, 2.45) is 0 Å². The summed E-state index contributed by atoms with van der Waals surface area (Å²) in [5.74, 6) is -0.763. The number of rotatable bonds is 2. The lowest BCUT2D eigenvalue weighted by molar-refractivity contribution is 0.103. The molecule has 3 aromatic carbocycles. The lowest BCUT2D eigenvalue weighted by Gasteiger charge is -2.08. The van der Waals surface area contributed by atoms with Gasteiger partial charge < -0.3 is 0 Å². The van der Waals surface area contributed by atoms with E-state index in [2.05, 4.69) is 0 Å². The molecule has 0 unspecified atom stereocenters. The Morgan fingerprint density at radius 2 is 1.45 bits per heavy atom. The fourth-order valence-corrected chi connectivity index (χ4v) is 2.44. The molecule has 0 saturated carbocycles. The Morgan fingerprint density at radius 3 is 2.20 bits per heavy atom. The highest BCUT2D eigenvalue weighted by molar-refractivity contribution is 6.16. The Hall–Kier alpha value is -2.48. The lowest BCUT2D eigenvalue weighted by Crippen LogP contribution is -2.05. The summed E-state index contributed by atoms with van der Waals surface area (Å²) < 4.78 is 13.8. The van der Waals surface area contributed by atoms with Crippen molar-refractivity contribution in [1.82, 2.24) is 0 Å². The maximum Gasteiger partial charge on any atom is 0.196 e. The van der Waals surface area contributed by atoms with Gasteiger partial charge in [0.25, 0.3) is 0 Å². The fraction of sp³-hybridized carbons (Fsp3) is 0.0556. The summed E-state index contributed by atoms with van der Waals surface area (Å²) in [5.41, 5.74) is 1.75. The number of fused-ring (bicyclic) bond motifs is 1. The van der Waals surface area contributed by atoms with Crippen LogP contribution in [0.4, 0.5) is 4.39 Å². The first-order valence-electron chi connectivity index (χ1n) is 6.46. The van der Waals surface area contributed by atoms with Gasteiger partial charge in [-0.2, -0.15) is 0 Å². The zero-order valence-corrected chi connectivity index (χ0v) is 11.1. The van der Waals surface area contributed by atoms with Crippen LogP contribution in [0.5, 0.6) is 0 Å². The predicted molar refractivity (Wildman–Crippen MR) is 78.5 cm³/mol. The van der Waals surface area contributed by atoms with Gasteiger partial charge >= 0.3 is 0 Å². The van der Waals surface area contributed by atoms with Crippen LogP contribution in [0, 0.1) is 12.7 Å². The van der Waals surface area contributed by atoms with Crippen LogP contribution in [0.2, 0.25) is 0 Å². The minimum atomic E-state index is -0.484. The summed E-state index contributed by atoms with van der Waals surface area (Å²) in [6, 6.07) is 17.5. The second kappa shape index (κ2) is 4.89. The molecule has 0 aliphatic heterocycles. The van der Waals surface area contributed by atoms with Gasteiger partial charge in [-0.05, 0) is 35.4 Å². The van der Waals surface area contributed by atoms with Crippen LogP contribution in [-0.2, 0) is 0 Å². The predicted octanol–water partition coefficient (Wildman–Crippen LogP) is 4.52. The van der Waals surface area contributed by atoms with Crippen molar-refractivity contribution < 1.29 is 9.18 Å². The molecule has 2 heteroatoms. The number of carbonyl (C=O) groups excluding carboxylic acids is 1. The molecule has 3 aromatic rings. The number of hydrogen-bond donors (Lipinski definition) is 0. The topological polar surface area (TPSA) is 17.1 Å². The van der Waals surface area contributed by atoms with Gasteiger partial charge in [-0.25, -0.2) is 4.39 Å². The number of ketones is 1. The van der Waals surface area contributed by atoms with E-state index >= 15 is 0 Å². The SMILES string of the molecule is Cc1ccc(C(=O)c2ccccc2F)c2ccccc12. The van der Waals surface area contributed by atoms with Gasteiger partial charge in [0, 0.05) is 5.56 Å². The van der Waals surface area contributed by atoms with Crippen molar-refractivity contribution >= 4 is 16.6 Å². The Morgan fingerprint density at radius 1 is 0.800 bits per heavy atom. The smallest absolute Gasteiger partial charge is 0.196 e. The summed E-state index contributed by atoms with van der Waals surface area (Å²) in [7, 11) is 0. The van der Waals surface area contributed by atoms with Gasteiger partial charge in [0.05, 0.1) is 5.56 Å². The minimum absolute atomic E-state index is 0.113. The molecule has 0 atom stereocenters. The number of halogens is 1. The average Bonchev–Trinajstić information content (AvgIpc) is 2.48. The van der Waals surface area contributed by atoms with E-state index in [4.69, 9.17) is 0 Å². The zero-order valence-electron chi connectivity index (χ0n) is 11.1. The van der Waals surface area contributed by atoms with E-state index in [-0.39, 0.29) is 11.3 Å².